The lowest BCUT2D eigenvalue weighted by Crippen LogP contribution is -2.19. The summed E-state index contributed by atoms with van der Waals surface area (Å²) in [6.45, 7) is 7.77. The Morgan fingerprint density at radius 1 is 0.580 bits per heavy atom. The molecule has 6 rings (SSSR count). The Morgan fingerprint density at radius 3 is 1.26 bits per heavy atom. The highest BCUT2D eigenvalue weighted by Gasteiger charge is 2.24. The van der Waals surface area contributed by atoms with E-state index in [0.717, 1.165) is 141 Å². The number of rotatable bonds is 14. The fraction of sp³-hybridized carbons (Fsp3) is 0.278. The SMILES string of the molecule is CC(=S)c1cc(SOON)c(Oc2ccccc2)c(N2CCCC2)c1.CC(=S)c1cc(SOON)c(Oc2ccccc2)c(N2CCCC2)c1. The summed E-state index contributed by atoms with van der Waals surface area (Å²) in [6, 6.07) is 27.4. The van der Waals surface area contributed by atoms with Gasteiger partial charge in [0.05, 0.1) is 45.3 Å². The van der Waals surface area contributed by atoms with Gasteiger partial charge in [0.2, 0.25) is 0 Å². The van der Waals surface area contributed by atoms with Gasteiger partial charge in [-0.25, -0.2) is 0 Å². The van der Waals surface area contributed by atoms with Crippen LogP contribution in [0.25, 0.3) is 0 Å². The van der Waals surface area contributed by atoms with E-state index in [4.69, 9.17) is 54.4 Å². The molecule has 4 aromatic carbocycles. The number of ether oxygens (including phenoxy) is 2. The van der Waals surface area contributed by atoms with Gasteiger partial charge in [-0.05, 0) is 99.2 Å². The first-order valence-corrected chi connectivity index (χ1v) is 18.4. The molecule has 0 unspecified atom stereocenters. The molecular weight excluding hydrogens is 713 g/mol. The standard InChI is InChI=1S/2C18H20N2O3S2/c2*1-13(24)14-11-16(20-9-5-6-10-20)18(17(12-14)25-23-22-19)21-15-7-3-2-4-8-15/h2*2-4,7-8,11-12H,5-6,9-10,19H2,1H3. The molecule has 10 nitrogen and oxygen atoms in total. The zero-order valence-corrected chi connectivity index (χ0v) is 31.1. The highest BCUT2D eigenvalue weighted by Crippen LogP contribution is 2.45. The van der Waals surface area contributed by atoms with Crippen molar-refractivity contribution in [2.75, 3.05) is 36.0 Å². The summed E-state index contributed by atoms with van der Waals surface area (Å²) >= 11 is 12.8. The molecule has 0 radical (unpaired) electrons. The van der Waals surface area contributed by atoms with Crippen molar-refractivity contribution in [3.05, 3.63) is 96.1 Å². The predicted molar refractivity (Wildman–Crippen MR) is 208 cm³/mol. The van der Waals surface area contributed by atoms with E-state index in [9.17, 15) is 0 Å². The second-order valence-corrected chi connectivity index (χ2v) is 14.2. The molecule has 2 fully saturated rings. The highest BCUT2D eigenvalue weighted by atomic mass is 32.2. The van der Waals surface area contributed by atoms with Crippen LogP contribution in [0.1, 0.15) is 50.7 Å². The van der Waals surface area contributed by atoms with E-state index in [-0.39, 0.29) is 0 Å². The van der Waals surface area contributed by atoms with Gasteiger partial charge < -0.3 is 19.3 Å². The first kappa shape index (κ1) is 38.0. The minimum Gasteiger partial charge on any atom is -0.454 e. The number of thiocarbonyl (C=S) groups is 2. The maximum Gasteiger partial charge on any atom is 0.166 e. The lowest BCUT2D eigenvalue weighted by atomic mass is 10.1. The van der Waals surface area contributed by atoms with E-state index in [0.29, 0.717) is 0 Å². The largest absolute Gasteiger partial charge is 0.454 e. The molecule has 50 heavy (non-hydrogen) atoms. The van der Waals surface area contributed by atoms with Gasteiger partial charge in [-0.15, -0.1) is 18.6 Å². The summed E-state index contributed by atoms with van der Waals surface area (Å²) in [4.78, 5) is 16.3. The van der Waals surface area contributed by atoms with Crippen LogP contribution in [-0.2, 0) is 18.6 Å². The molecule has 4 aromatic rings. The van der Waals surface area contributed by atoms with Gasteiger partial charge in [0.25, 0.3) is 0 Å². The van der Waals surface area contributed by atoms with Crippen LogP contribution in [0.3, 0.4) is 0 Å². The second-order valence-electron chi connectivity index (χ2n) is 11.5. The lowest BCUT2D eigenvalue weighted by Gasteiger charge is -2.24. The number of para-hydroxylation sites is 2. The van der Waals surface area contributed by atoms with E-state index in [1.54, 1.807) is 0 Å². The molecule has 0 spiro atoms. The Kier molecular flexibility index (Phi) is 14.7. The number of hydrogen-bond acceptors (Lipinski definition) is 14. The van der Waals surface area contributed by atoms with Gasteiger partial charge in [0.1, 0.15) is 11.5 Å². The molecule has 0 amide bonds. The Labute approximate surface area is 312 Å². The fourth-order valence-corrected chi connectivity index (χ4v) is 6.88. The number of anilines is 2. The Morgan fingerprint density at radius 2 is 0.940 bits per heavy atom. The van der Waals surface area contributed by atoms with Crippen molar-refractivity contribution in [2.45, 2.75) is 49.3 Å². The molecule has 2 aliphatic heterocycles. The summed E-state index contributed by atoms with van der Waals surface area (Å²) in [5.41, 5.74) is 3.93. The third-order valence-corrected chi connectivity index (χ3v) is 9.76. The van der Waals surface area contributed by atoms with Crippen LogP contribution in [0, 0.1) is 0 Å². The Bertz CT molecular complexity index is 1600. The van der Waals surface area contributed by atoms with E-state index in [1.165, 1.54) is 0 Å². The van der Waals surface area contributed by atoms with Crippen LogP contribution in [-0.4, -0.2) is 35.9 Å². The van der Waals surface area contributed by atoms with Crippen LogP contribution >= 0.6 is 48.5 Å². The first-order valence-electron chi connectivity index (χ1n) is 16.1. The maximum atomic E-state index is 6.20. The Hall–Kier alpha value is -3.28. The molecule has 2 saturated heterocycles. The minimum absolute atomic E-state index is 0.718. The summed E-state index contributed by atoms with van der Waals surface area (Å²) in [5.74, 6) is 13.0. The van der Waals surface area contributed by atoms with Crippen molar-refractivity contribution >= 4 is 69.6 Å². The third-order valence-electron chi connectivity index (χ3n) is 8.03. The van der Waals surface area contributed by atoms with Crippen LogP contribution in [0.5, 0.6) is 23.0 Å². The van der Waals surface area contributed by atoms with Crippen molar-refractivity contribution < 1.29 is 28.1 Å². The average molecular weight is 753 g/mol. The molecule has 0 aliphatic carbocycles. The molecule has 264 valence electrons. The van der Waals surface area contributed by atoms with E-state index in [1.807, 2.05) is 86.6 Å². The molecular formula is C36H40N4O6S4. The zero-order chi connectivity index (χ0) is 35.3. The van der Waals surface area contributed by atoms with Crippen molar-refractivity contribution in [2.24, 2.45) is 11.8 Å². The van der Waals surface area contributed by atoms with Crippen molar-refractivity contribution in [1.29, 1.82) is 0 Å². The van der Waals surface area contributed by atoms with Gasteiger partial charge in [-0.1, -0.05) is 60.8 Å². The lowest BCUT2D eigenvalue weighted by molar-refractivity contribution is -0.195. The molecule has 0 aromatic heterocycles. The van der Waals surface area contributed by atoms with Gasteiger partial charge in [0.15, 0.2) is 11.5 Å². The summed E-state index contributed by atoms with van der Waals surface area (Å²) in [5, 5.41) is 0. The van der Waals surface area contributed by atoms with Crippen molar-refractivity contribution in [3.63, 3.8) is 0 Å². The van der Waals surface area contributed by atoms with E-state index >= 15 is 0 Å². The Balaban J connectivity index is 0.000000194. The topological polar surface area (TPSA) is 114 Å². The van der Waals surface area contributed by atoms with Gasteiger partial charge >= 0.3 is 0 Å². The molecule has 0 bridgehead atoms. The highest BCUT2D eigenvalue weighted by molar-refractivity contribution is 7.95. The van der Waals surface area contributed by atoms with Gasteiger partial charge in [-0.2, -0.15) is 11.8 Å². The second kappa shape index (κ2) is 19.4. The smallest absolute Gasteiger partial charge is 0.166 e. The number of hydrogen-bond donors (Lipinski definition) is 2. The number of nitrogens with zero attached hydrogens (tertiary/aromatic N) is 2. The van der Waals surface area contributed by atoms with Crippen molar-refractivity contribution in [3.8, 4) is 23.0 Å². The van der Waals surface area contributed by atoms with Crippen LogP contribution in [0.15, 0.2) is 94.7 Å². The molecule has 0 atom stereocenters. The van der Waals surface area contributed by atoms with Crippen LogP contribution < -0.4 is 31.1 Å². The van der Waals surface area contributed by atoms with Crippen LogP contribution in [0.4, 0.5) is 11.4 Å². The number of nitrogens with two attached hydrogens (primary N) is 2. The predicted octanol–water partition coefficient (Wildman–Crippen LogP) is 9.29. The van der Waals surface area contributed by atoms with Gasteiger partial charge in [0, 0.05) is 35.9 Å². The average Bonchev–Trinajstić information content (AvgIpc) is 3.87. The fourth-order valence-electron chi connectivity index (χ4n) is 5.62. The molecule has 0 saturated carbocycles. The molecule has 4 N–H and O–H groups in total. The number of benzene rings is 4. The third kappa shape index (κ3) is 10.4. The summed E-state index contributed by atoms with van der Waals surface area (Å²) in [6.07, 6.45) is 4.65. The quantitative estimate of drug-likeness (QED) is 0.0419. The van der Waals surface area contributed by atoms with E-state index in [2.05, 4.69) is 31.9 Å². The van der Waals surface area contributed by atoms with Crippen molar-refractivity contribution in [1.82, 2.24) is 0 Å². The minimum atomic E-state index is 0.718. The molecule has 14 heteroatoms. The molecule has 2 aliphatic rings. The maximum absolute atomic E-state index is 6.20. The summed E-state index contributed by atoms with van der Waals surface area (Å²) < 4.78 is 22.2. The zero-order valence-electron chi connectivity index (χ0n) is 27.9. The van der Waals surface area contributed by atoms with E-state index < -0.39 is 0 Å². The van der Waals surface area contributed by atoms with Crippen LogP contribution in [0.2, 0.25) is 0 Å². The van der Waals surface area contributed by atoms with Gasteiger partial charge in [-0.3, -0.25) is 0 Å². The first-order chi connectivity index (χ1) is 24.4. The summed E-state index contributed by atoms with van der Waals surface area (Å²) in [7, 11) is 0. The normalized spacial score (nSPS) is 13.9. The monoisotopic (exact) mass is 752 g/mol. The molecule has 2 heterocycles.